The minimum Gasteiger partial charge on any atom is -0.481 e. The predicted molar refractivity (Wildman–Crippen MR) is 99.9 cm³/mol. The average Bonchev–Trinajstić information content (AvgIpc) is 2.54. The van der Waals surface area contributed by atoms with Crippen molar-refractivity contribution in [1.82, 2.24) is 0 Å². The average molecular weight is 368 g/mol. The summed E-state index contributed by atoms with van der Waals surface area (Å²) in [5.41, 5.74) is 0. The minimum atomic E-state index is -0.858. The van der Waals surface area contributed by atoms with Crippen molar-refractivity contribution in [2.45, 2.75) is 65.2 Å². The molecular formula is C20H32O6. The Bertz CT molecular complexity index is 495. The summed E-state index contributed by atoms with van der Waals surface area (Å²) in [4.78, 5) is 32.4. The van der Waals surface area contributed by atoms with E-state index in [4.69, 9.17) is 10.2 Å². The number of hydrogen-bond donors (Lipinski definition) is 3. The largest absolute Gasteiger partial charge is 0.481 e. The van der Waals surface area contributed by atoms with Gasteiger partial charge in [0.05, 0.1) is 5.92 Å². The van der Waals surface area contributed by atoms with Crippen molar-refractivity contribution in [3.05, 3.63) is 24.3 Å². The molecule has 3 N–H and O–H groups in total. The van der Waals surface area contributed by atoms with Crippen LogP contribution in [0.4, 0.5) is 0 Å². The SMILES string of the molecule is CC(C=CCCC(=O)O)CCCCC(C(=O)O)C(C)C=CCCC(=O)O. The Morgan fingerprint density at radius 1 is 0.808 bits per heavy atom. The second-order valence-corrected chi connectivity index (χ2v) is 6.79. The van der Waals surface area contributed by atoms with Crippen LogP contribution >= 0.6 is 0 Å². The molecule has 0 fully saturated rings. The Morgan fingerprint density at radius 3 is 1.81 bits per heavy atom. The zero-order valence-corrected chi connectivity index (χ0v) is 15.8. The molecule has 0 bridgehead atoms. The monoisotopic (exact) mass is 368 g/mol. The number of carbonyl (C=O) groups is 3. The zero-order valence-electron chi connectivity index (χ0n) is 15.8. The van der Waals surface area contributed by atoms with Gasteiger partial charge in [0.2, 0.25) is 0 Å². The fraction of sp³-hybridized carbons (Fsp3) is 0.650. The zero-order chi connectivity index (χ0) is 19.9. The summed E-state index contributed by atoms with van der Waals surface area (Å²) in [6.45, 7) is 3.92. The fourth-order valence-corrected chi connectivity index (χ4v) is 2.73. The first-order chi connectivity index (χ1) is 12.2. The van der Waals surface area contributed by atoms with Gasteiger partial charge in [-0.1, -0.05) is 51.0 Å². The Morgan fingerprint density at radius 2 is 1.31 bits per heavy atom. The molecule has 0 aliphatic carbocycles. The maximum Gasteiger partial charge on any atom is 0.307 e. The first-order valence-electron chi connectivity index (χ1n) is 9.23. The molecule has 6 nitrogen and oxygen atoms in total. The van der Waals surface area contributed by atoms with Crippen molar-refractivity contribution in [2.24, 2.45) is 17.8 Å². The van der Waals surface area contributed by atoms with E-state index in [9.17, 15) is 19.5 Å². The second kappa shape index (κ2) is 14.1. The molecule has 0 spiro atoms. The van der Waals surface area contributed by atoms with E-state index in [1.165, 1.54) is 0 Å². The number of unbranched alkanes of at least 4 members (excludes halogenated alkanes) is 1. The van der Waals surface area contributed by atoms with Crippen LogP contribution < -0.4 is 0 Å². The lowest BCUT2D eigenvalue weighted by Gasteiger charge is -2.17. The fourth-order valence-electron chi connectivity index (χ4n) is 2.73. The highest BCUT2D eigenvalue weighted by Crippen LogP contribution is 2.22. The predicted octanol–water partition coefficient (Wildman–Crippen LogP) is 4.36. The molecule has 0 aromatic heterocycles. The summed E-state index contributed by atoms with van der Waals surface area (Å²) < 4.78 is 0. The Labute approximate surface area is 155 Å². The van der Waals surface area contributed by atoms with Crippen molar-refractivity contribution < 1.29 is 29.7 Å². The smallest absolute Gasteiger partial charge is 0.307 e. The maximum absolute atomic E-state index is 11.5. The van der Waals surface area contributed by atoms with Gasteiger partial charge < -0.3 is 15.3 Å². The first-order valence-corrected chi connectivity index (χ1v) is 9.23. The third-order valence-electron chi connectivity index (χ3n) is 4.33. The number of allylic oxidation sites excluding steroid dienone is 4. The van der Waals surface area contributed by atoms with Gasteiger partial charge in [0, 0.05) is 12.8 Å². The Hall–Kier alpha value is -2.11. The Kier molecular flexibility index (Phi) is 13.0. The van der Waals surface area contributed by atoms with Crippen LogP contribution in [0.2, 0.25) is 0 Å². The van der Waals surface area contributed by atoms with Gasteiger partial charge in [-0.2, -0.15) is 0 Å². The van der Waals surface area contributed by atoms with Gasteiger partial charge in [0.25, 0.3) is 0 Å². The van der Waals surface area contributed by atoms with Crippen LogP contribution in [0.1, 0.15) is 65.2 Å². The van der Waals surface area contributed by atoms with Gasteiger partial charge in [-0.05, 0) is 37.5 Å². The normalized spacial score (nSPS) is 15.2. The second-order valence-electron chi connectivity index (χ2n) is 6.79. The molecule has 0 saturated carbocycles. The molecule has 6 heteroatoms. The van der Waals surface area contributed by atoms with Gasteiger partial charge in [0.15, 0.2) is 0 Å². The molecule has 0 saturated heterocycles. The quantitative estimate of drug-likeness (QED) is 0.292. The number of carboxylic acid groups (broad SMARTS) is 3. The summed E-state index contributed by atoms with van der Waals surface area (Å²) >= 11 is 0. The lowest BCUT2D eigenvalue weighted by Crippen LogP contribution is -2.20. The van der Waals surface area contributed by atoms with Crippen molar-refractivity contribution in [3.63, 3.8) is 0 Å². The third-order valence-corrected chi connectivity index (χ3v) is 4.33. The van der Waals surface area contributed by atoms with Crippen LogP contribution in [0.15, 0.2) is 24.3 Å². The lowest BCUT2D eigenvalue weighted by molar-refractivity contribution is -0.143. The van der Waals surface area contributed by atoms with E-state index in [1.807, 2.05) is 19.1 Å². The van der Waals surface area contributed by atoms with Gasteiger partial charge in [0.1, 0.15) is 0 Å². The van der Waals surface area contributed by atoms with Gasteiger partial charge in [-0.25, -0.2) is 0 Å². The van der Waals surface area contributed by atoms with Crippen molar-refractivity contribution >= 4 is 17.9 Å². The highest BCUT2D eigenvalue weighted by Gasteiger charge is 2.22. The van der Waals surface area contributed by atoms with Crippen molar-refractivity contribution in [3.8, 4) is 0 Å². The molecule has 3 atom stereocenters. The molecule has 0 aliphatic rings. The van der Waals surface area contributed by atoms with Crippen LogP contribution in [-0.4, -0.2) is 33.2 Å². The molecular weight excluding hydrogens is 336 g/mol. The summed E-state index contributed by atoms with van der Waals surface area (Å²) in [6, 6.07) is 0. The van der Waals surface area contributed by atoms with Crippen LogP contribution in [0.3, 0.4) is 0 Å². The molecule has 0 amide bonds. The summed E-state index contributed by atoms with van der Waals surface area (Å²) in [6.07, 6.45) is 11.9. The van der Waals surface area contributed by atoms with Gasteiger partial charge in [-0.3, -0.25) is 14.4 Å². The highest BCUT2D eigenvalue weighted by atomic mass is 16.4. The lowest BCUT2D eigenvalue weighted by atomic mass is 9.88. The van der Waals surface area contributed by atoms with Gasteiger partial charge >= 0.3 is 17.9 Å². The van der Waals surface area contributed by atoms with E-state index in [1.54, 1.807) is 12.2 Å². The molecule has 148 valence electrons. The summed E-state index contributed by atoms with van der Waals surface area (Å²) in [5, 5.41) is 26.6. The number of aliphatic carboxylic acids is 3. The Balaban J connectivity index is 4.14. The number of carboxylic acids is 3. The van der Waals surface area contributed by atoms with Crippen molar-refractivity contribution in [2.75, 3.05) is 0 Å². The van der Waals surface area contributed by atoms with Crippen LogP contribution in [0, 0.1) is 17.8 Å². The highest BCUT2D eigenvalue weighted by molar-refractivity contribution is 5.70. The standard InChI is InChI=1S/C20H32O6/c1-15(10-4-7-13-18(21)22)9-3-6-12-17(20(25)26)16(2)11-5-8-14-19(23)24/h4-5,10-11,15-17H,3,6-9,12-14H2,1-2H3,(H,21,22)(H,23,24)(H,25,26). The molecule has 0 aromatic carbocycles. The van der Waals surface area contributed by atoms with Gasteiger partial charge in [-0.15, -0.1) is 0 Å². The van der Waals surface area contributed by atoms with E-state index in [0.29, 0.717) is 25.2 Å². The molecule has 26 heavy (non-hydrogen) atoms. The first kappa shape index (κ1) is 23.9. The summed E-state index contributed by atoms with van der Waals surface area (Å²) in [5.74, 6) is -2.72. The molecule has 0 aliphatic heterocycles. The van der Waals surface area contributed by atoms with E-state index in [0.717, 1.165) is 19.3 Å². The molecule has 3 unspecified atom stereocenters. The topological polar surface area (TPSA) is 112 Å². The minimum absolute atomic E-state index is 0.0544. The number of rotatable bonds is 15. The van der Waals surface area contributed by atoms with Crippen LogP contribution in [0.25, 0.3) is 0 Å². The molecule has 0 rings (SSSR count). The van der Waals surface area contributed by atoms with Crippen LogP contribution in [-0.2, 0) is 14.4 Å². The third kappa shape index (κ3) is 13.2. The molecule has 0 aromatic rings. The van der Waals surface area contributed by atoms with Crippen molar-refractivity contribution in [1.29, 1.82) is 0 Å². The van der Waals surface area contributed by atoms with E-state index < -0.39 is 23.8 Å². The van der Waals surface area contributed by atoms with E-state index >= 15 is 0 Å². The van der Waals surface area contributed by atoms with Crippen LogP contribution in [0.5, 0.6) is 0 Å². The molecule has 0 radical (unpaired) electrons. The number of hydrogen-bond acceptors (Lipinski definition) is 3. The van der Waals surface area contributed by atoms with E-state index in [-0.39, 0.29) is 18.8 Å². The molecule has 0 heterocycles. The maximum atomic E-state index is 11.5. The summed E-state index contributed by atoms with van der Waals surface area (Å²) in [7, 11) is 0. The van der Waals surface area contributed by atoms with E-state index in [2.05, 4.69) is 6.92 Å².